The van der Waals surface area contributed by atoms with E-state index in [0.29, 0.717) is 0 Å². The van der Waals surface area contributed by atoms with Crippen molar-refractivity contribution in [1.29, 1.82) is 0 Å². The molecule has 96 valence electrons. The molecule has 3 heteroatoms. The summed E-state index contributed by atoms with van der Waals surface area (Å²) in [6.07, 6.45) is 1.36. The summed E-state index contributed by atoms with van der Waals surface area (Å²) in [5.41, 5.74) is 0.230. The zero-order valence-corrected chi connectivity index (χ0v) is 11.7. The summed E-state index contributed by atoms with van der Waals surface area (Å²) in [5.74, 6) is 0.868. The van der Waals surface area contributed by atoms with Gasteiger partial charge < -0.3 is 15.1 Å². The fraction of sp³-hybridized carbons (Fsp3) is 1.00. The van der Waals surface area contributed by atoms with Crippen molar-refractivity contribution in [2.24, 2.45) is 5.92 Å². The lowest BCUT2D eigenvalue weighted by Crippen LogP contribution is -2.48. The quantitative estimate of drug-likeness (QED) is 0.737. The molecule has 1 saturated heterocycles. The molecule has 0 aromatic carbocycles. The molecule has 1 atom stereocenters. The van der Waals surface area contributed by atoms with Crippen LogP contribution in [-0.4, -0.2) is 62.2 Å². The number of likely N-dealkylation sites (tertiary alicyclic amines) is 1. The lowest BCUT2D eigenvalue weighted by molar-refractivity contribution is 0.210. The number of hydrogen-bond donors (Lipinski definition) is 1. The van der Waals surface area contributed by atoms with E-state index in [1.807, 2.05) is 0 Å². The summed E-state index contributed by atoms with van der Waals surface area (Å²) in [6.45, 7) is 12.7. The third kappa shape index (κ3) is 4.81. The first kappa shape index (κ1) is 13.9. The largest absolute Gasteiger partial charge is 0.311 e. The topological polar surface area (TPSA) is 18.5 Å². The van der Waals surface area contributed by atoms with Crippen LogP contribution in [-0.2, 0) is 0 Å². The van der Waals surface area contributed by atoms with Crippen LogP contribution < -0.4 is 5.32 Å². The van der Waals surface area contributed by atoms with Gasteiger partial charge in [0, 0.05) is 25.2 Å². The van der Waals surface area contributed by atoms with Crippen molar-refractivity contribution in [2.75, 3.05) is 46.8 Å². The van der Waals surface area contributed by atoms with Crippen LogP contribution >= 0.6 is 0 Å². The van der Waals surface area contributed by atoms with Crippen LogP contribution in [0.1, 0.15) is 27.2 Å². The Labute approximate surface area is 101 Å². The Morgan fingerprint density at radius 3 is 2.62 bits per heavy atom. The van der Waals surface area contributed by atoms with Gasteiger partial charge in [-0.05, 0) is 53.4 Å². The number of nitrogens with one attached hydrogen (secondary N) is 1. The van der Waals surface area contributed by atoms with Crippen LogP contribution in [0, 0.1) is 5.92 Å². The summed E-state index contributed by atoms with van der Waals surface area (Å²) in [7, 11) is 4.47. The third-order valence-corrected chi connectivity index (χ3v) is 3.38. The van der Waals surface area contributed by atoms with Gasteiger partial charge in [0.05, 0.1) is 0 Å². The molecule has 0 aromatic rings. The summed E-state index contributed by atoms with van der Waals surface area (Å²) in [4.78, 5) is 4.92. The Morgan fingerprint density at radius 2 is 2.12 bits per heavy atom. The SMILES string of the molecule is CCNC(C)(C)CN(C)CC1CCN(C)C1. The molecule has 1 aliphatic rings. The first-order valence-electron chi connectivity index (χ1n) is 6.55. The average molecular weight is 227 g/mol. The monoisotopic (exact) mass is 227 g/mol. The van der Waals surface area contributed by atoms with Crippen molar-refractivity contribution >= 4 is 0 Å². The molecule has 1 fully saturated rings. The highest BCUT2D eigenvalue weighted by atomic mass is 15.2. The van der Waals surface area contributed by atoms with E-state index in [-0.39, 0.29) is 5.54 Å². The van der Waals surface area contributed by atoms with Gasteiger partial charge in [0.15, 0.2) is 0 Å². The predicted octanol–water partition coefficient (Wildman–Crippen LogP) is 1.26. The number of nitrogens with zero attached hydrogens (tertiary/aromatic N) is 2. The lowest BCUT2D eigenvalue weighted by Gasteiger charge is -2.32. The van der Waals surface area contributed by atoms with E-state index in [1.165, 1.54) is 26.1 Å². The summed E-state index contributed by atoms with van der Waals surface area (Å²) >= 11 is 0. The molecule has 0 aliphatic carbocycles. The van der Waals surface area contributed by atoms with Gasteiger partial charge in [-0.2, -0.15) is 0 Å². The van der Waals surface area contributed by atoms with Gasteiger partial charge in [-0.3, -0.25) is 0 Å². The van der Waals surface area contributed by atoms with Crippen LogP contribution in [0.4, 0.5) is 0 Å². The molecule has 1 heterocycles. The second kappa shape index (κ2) is 5.99. The standard InChI is InChI=1S/C13H29N3/c1-6-14-13(2,3)11-16(5)10-12-7-8-15(4)9-12/h12,14H,6-11H2,1-5H3. The summed E-state index contributed by atoms with van der Waals surface area (Å²) in [6, 6.07) is 0. The Balaban J connectivity index is 2.27. The Morgan fingerprint density at radius 1 is 1.44 bits per heavy atom. The van der Waals surface area contributed by atoms with E-state index in [4.69, 9.17) is 0 Å². The van der Waals surface area contributed by atoms with Gasteiger partial charge in [-0.25, -0.2) is 0 Å². The molecule has 1 rings (SSSR count). The molecule has 0 spiro atoms. The summed E-state index contributed by atoms with van der Waals surface area (Å²) < 4.78 is 0. The minimum atomic E-state index is 0.230. The first-order chi connectivity index (χ1) is 7.43. The van der Waals surface area contributed by atoms with Gasteiger partial charge in [-0.1, -0.05) is 6.92 Å². The van der Waals surface area contributed by atoms with Crippen molar-refractivity contribution in [3.05, 3.63) is 0 Å². The molecule has 1 unspecified atom stereocenters. The smallest absolute Gasteiger partial charge is 0.0251 e. The minimum absolute atomic E-state index is 0.230. The number of likely N-dealkylation sites (N-methyl/N-ethyl adjacent to an activating group) is 2. The highest BCUT2D eigenvalue weighted by molar-refractivity contribution is 4.82. The maximum Gasteiger partial charge on any atom is 0.0251 e. The van der Waals surface area contributed by atoms with Crippen LogP contribution in [0.2, 0.25) is 0 Å². The van der Waals surface area contributed by atoms with Crippen LogP contribution in [0.3, 0.4) is 0 Å². The molecule has 0 bridgehead atoms. The van der Waals surface area contributed by atoms with Gasteiger partial charge in [0.2, 0.25) is 0 Å². The van der Waals surface area contributed by atoms with Crippen molar-refractivity contribution in [3.63, 3.8) is 0 Å². The zero-order valence-electron chi connectivity index (χ0n) is 11.7. The molecule has 1 aliphatic heterocycles. The average Bonchev–Trinajstić information content (AvgIpc) is 2.49. The molecule has 0 radical (unpaired) electrons. The van der Waals surface area contributed by atoms with E-state index < -0.39 is 0 Å². The second-order valence-electron chi connectivity index (χ2n) is 6.03. The van der Waals surface area contributed by atoms with Gasteiger partial charge in [0.25, 0.3) is 0 Å². The van der Waals surface area contributed by atoms with E-state index in [2.05, 4.69) is 50.0 Å². The molecule has 16 heavy (non-hydrogen) atoms. The lowest BCUT2D eigenvalue weighted by atomic mass is 10.0. The Hall–Kier alpha value is -0.120. The third-order valence-electron chi connectivity index (χ3n) is 3.38. The van der Waals surface area contributed by atoms with Gasteiger partial charge in [-0.15, -0.1) is 0 Å². The van der Waals surface area contributed by atoms with Crippen LogP contribution in [0.15, 0.2) is 0 Å². The van der Waals surface area contributed by atoms with Crippen LogP contribution in [0.25, 0.3) is 0 Å². The molecule has 0 amide bonds. The molecular weight excluding hydrogens is 198 g/mol. The fourth-order valence-corrected chi connectivity index (χ4v) is 2.89. The number of hydrogen-bond acceptors (Lipinski definition) is 3. The maximum atomic E-state index is 3.53. The molecule has 3 nitrogen and oxygen atoms in total. The zero-order chi connectivity index (χ0) is 12.2. The minimum Gasteiger partial charge on any atom is -0.311 e. The van der Waals surface area contributed by atoms with Gasteiger partial charge >= 0.3 is 0 Å². The van der Waals surface area contributed by atoms with Gasteiger partial charge in [0.1, 0.15) is 0 Å². The normalized spacial score (nSPS) is 23.2. The van der Waals surface area contributed by atoms with Crippen LogP contribution in [0.5, 0.6) is 0 Å². The fourth-order valence-electron chi connectivity index (χ4n) is 2.89. The molecule has 0 aromatic heterocycles. The first-order valence-corrected chi connectivity index (χ1v) is 6.55. The van der Waals surface area contributed by atoms with E-state index in [0.717, 1.165) is 19.0 Å². The highest BCUT2D eigenvalue weighted by Gasteiger charge is 2.23. The highest BCUT2D eigenvalue weighted by Crippen LogP contribution is 2.16. The summed E-state index contributed by atoms with van der Waals surface area (Å²) in [5, 5.41) is 3.53. The van der Waals surface area contributed by atoms with E-state index in [1.54, 1.807) is 0 Å². The Bertz CT molecular complexity index is 203. The predicted molar refractivity (Wildman–Crippen MR) is 70.9 cm³/mol. The van der Waals surface area contributed by atoms with Crippen molar-refractivity contribution in [3.8, 4) is 0 Å². The number of rotatable bonds is 6. The molecule has 0 saturated carbocycles. The van der Waals surface area contributed by atoms with E-state index >= 15 is 0 Å². The van der Waals surface area contributed by atoms with Crippen molar-refractivity contribution in [2.45, 2.75) is 32.7 Å². The molecular formula is C13H29N3. The second-order valence-corrected chi connectivity index (χ2v) is 6.03. The van der Waals surface area contributed by atoms with Crippen molar-refractivity contribution < 1.29 is 0 Å². The maximum absolute atomic E-state index is 3.53. The Kier molecular flexibility index (Phi) is 5.22. The van der Waals surface area contributed by atoms with Crippen molar-refractivity contribution in [1.82, 2.24) is 15.1 Å². The molecule has 1 N–H and O–H groups in total. The van der Waals surface area contributed by atoms with E-state index in [9.17, 15) is 0 Å².